The van der Waals surface area contributed by atoms with Gasteiger partial charge in [0.25, 0.3) is 0 Å². The summed E-state index contributed by atoms with van der Waals surface area (Å²) in [4.78, 5) is 13.2. The van der Waals surface area contributed by atoms with Crippen LogP contribution in [0.2, 0.25) is 0 Å². The first-order valence-electron chi connectivity index (χ1n) is 6.82. The zero-order chi connectivity index (χ0) is 15.8. The Hall–Kier alpha value is -3.06. The lowest BCUT2D eigenvalue weighted by Gasteiger charge is -2.03. The number of nitrogens with zero attached hydrogens (tertiary/aromatic N) is 4. The van der Waals surface area contributed by atoms with Crippen LogP contribution in [0.15, 0.2) is 52.8 Å². The molecule has 0 unspecified atom stereocenters. The lowest BCUT2D eigenvalue weighted by molar-refractivity contribution is 0.517. The quantitative estimate of drug-likeness (QED) is 0.453. The van der Waals surface area contributed by atoms with Crippen molar-refractivity contribution in [2.24, 2.45) is 0 Å². The molecule has 0 spiro atoms. The predicted octanol–water partition coefficient (Wildman–Crippen LogP) is 2.76. The van der Waals surface area contributed by atoms with Gasteiger partial charge in [0, 0.05) is 16.8 Å². The highest BCUT2D eigenvalue weighted by Gasteiger charge is 2.10. The van der Waals surface area contributed by atoms with Crippen molar-refractivity contribution in [3.05, 3.63) is 68.9 Å². The fourth-order valence-corrected chi connectivity index (χ4v) is 2.96. The minimum Gasteiger partial charge on any atom is -0.506 e. The molecule has 0 atom stereocenters. The maximum absolute atomic E-state index is 12.5. The fourth-order valence-electron chi connectivity index (χ4n) is 2.31. The number of aromatic nitrogens is 4. The van der Waals surface area contributed by atoms with Crippen molar-refractivity contribution in [1.29, 1.82) is 0 Å². The summed E-state index contributed by atoms with van der Waals surface area (Å²) in [6.07, 6.45) is 2.92. The summed E-state index contributed by atoms with van der Waals surface area (Å²) in [5, 5.41) is 25.8. The predicted molar refractivity (Wildman–Crippen MR) is 89.4 cm³/mol. The number of aliphatic hydroxyl groups is 1. The SMILES string of the molecule is O=c1c(/C=C(\O)c2cccs2)nnc2c3ccccc3cnn12. The molecule has 0 aliphatic carbocycles. The summed E-state index contributed by atoms with van der Waals surface area (Å²) in [5.41, 5.74) is 0.000837. The van der Waals surface area contributed by atoms with Crippen molar-refractivity contribution in [3.8, 4) is 0 Å². The molecule has 0 bridgehead atoms. The molecule has 0 fully saturated rings. The van der Waals surface area contributed by atoms with Gasteiger partial charge in [-0.1, -0.05) is 30.3 Å². The number of thiophene rings is 1. The summed E-state index contributed by atoms with van der Waals surface area (Å²) in [7, 11) is 0. The van der Waals surface area contributed by atoms with Gasteiger partial charge in [-0.15, -0.1) is 21.5 Å². The Labute approximate surface area is 134 Å². The maximum Gasteiger partial charge on any atom is 0.300 e. The van der Waals surface area contributed by atoms with Crippen LogP contribution in [-0.2, 0) is 0 Å². The molecule has 0 amide bonds. The first kappa shape index (κ1) is 13.6. The molecule has 0 radical (unpaired) electrons. The van der Waals surface area contributed by atoms with E-state index in [0.29, 0.717) is 10.5 Å². The van der Waals surface area contributed by atoms with Crippen LogP contribution in [0.4, 0.5) is 0 Å². The summed E-state index contributed by atoms with van der Waals surface area (Å²) >= 11 is 1.37. The van der Waals surface area contributed by atoms with Crippen molar-refractivity contribution in [1.82, 2.24) is 19.8 Å². The van der Waals surface area contributed by atoms with Crippen molar-refractivity contribution in [2.45, 2.75) is 0 Å². The summed E-state index contributed by atoms with van der Waals surface area (Å²) in [5.74, 6) is -0.0212. The van der Waals surface area contributed by atoms with Gasteiger partial charge in [0.15, 0.2) is 11.3 Å². The molecule has 1 N–H and O–H groups in total. The molecule has 0 aliphatic heterocycles. The van der Waals surface area contributed by atoms with Gasteiger partial charge >= 0.3 is 5.56 Å². The third-order valence-corrected chi connectivity index (χ3v) is 4.32. The molecule has 0 saturated carbocycles. The Morgan fingerprint density at radius 3 is 2.87 bits per heavy atom. The summed E-state index contributed by atoms with van der Waals surface area (Å²) in [6.45, 7) is 0. The molecule has 7 heteroatoms. The molecular weight excluding hydrogens is 312 g/mol. The zero-order valence-corrected chi connectivity index (χ0v) is 12.6. The molecular formula is C16H10N4O2S. The van der Waals surface area contributed by atoms with E-state index in [0.717, 1.165) is 10.8 Å². The van der Waals surface area contributed by atoms with Crippen molar-refractivity contribution >= 4 is 39.6 Å². The van der Waals surface area contributed by atoms with Crippen LogP contribution in [0.1, 0.15) is 10.6 Å². The van der Waals surface area contributed by atoms with E-state index in [-0.39, 0.29) is 11.5 Å². The Morgan fingerprint density at radius 1 is 1.17 bits per heavy atom. The minimum atomic E-state index is -0.427. The molecule has 3 heterocycles. The molecule has 23 heavy (non-hydrogen) atoms. The number of aliphatic hydroxyl groups excluding tert-OH is 1. The lowest BCUT2D eigenvalue weighted by atomic mass is 10.2. The summed E-state index contributed by atoms with van der Waals surface area (Å²) < 4.78 is 1.20. The molecule has 4 aromatic rings. The highest BCUT2D eigenvalue weighted by Crippen LogP contribution is 2.19. The standard InChI is InChI=1S/C16H10N4O2S/c21-13(14-6-3-7-23-14)8-12-16(22)20-15(19-18-12)11-5-2-1-4-10(11)9-17-20/h1-9,21H/b13-8-. The Kier molecular flexibility index (Phi) is 3.13. The van der Waals surface area contributed by atoms with E-state index in [9.17, 15) is 9.90 Å². The second-order valence-corrected chi connectivity index (χ2v) is 5.81. The highest BCUT2D eigenvalue weighted by molar-refractivity contribution is 7.11. The van der Waals surface area contributed by atoms with Crippen LogP contribution < -0.4 is 5.56 Å². The van der Waals surface area contributed by atoms with Crippen LogP contribution in [0.5, 0.6) is 0 Å². The first-order chi connectivity index (χ1) is 11.2. The van der Waals surface area contributed by atoms with Crippen LogP contribution in [0, 0.1) is 0 Å². The second-order valence-electron chi connectivity index (χ2n) is 4.86. The van der Waals surface area contributed by atoms with Gasteiger partial charge in [-0.2, -0.15) is 9.61 Å². The van der Waals surface area contributed by atoms with E-state index in [4.69, 9.17) is 0 Å². The Balaban J connectivity index is 1.94. The molecule has 112 valence electrons. The van der Waals surface area contributed by atoms with Crippen LogP contribution in [0.25, 0.3) is 28.3 Å². The van der Waals surface area contributed by atoms with Crippen molar-refractivity contribution in [2.75, 3.05) is 0 Å². The second kappa shape index (κ2) is 5.29. The molecule has 0 aliphatic rings. The average molecular weight is 322 g/mol. The Bertz CT molecular complexity index is 1100. The smallest absolute Gasteiger partial charge is 0.300 e. The van der Waals surface area contributed by atoms with Gasteiger partial charge in [0.05, 0.1) is 11.1 Å². The van der Waals surface area contributed by atoms with E-state index in [1.165, 1.54) is 21.9 Å². The number of benzene rings is 1. The van der Waals surface area contributed by atoms with E-state index < -0.39 is 5.56 Å². The van der Waals surface area contributed by atoms with Gasteiger partial charge in [-0.25, -0.2) is 0 Å². The van der Waals surface area contributed by atoms with Gasteiger partial charge in [-0.05, 0) is 11.4 Å². The number of fused-ring (bicyclic) bond motifs is 3. The number of hydrogen-bond donors (Lipinski definition) is 1. The third kappa shape index (κ3) is 2.27. The molecule has 0 saturated heterocycles. The summed E-state index contributed by atoms with van der Waals surface area (Å²) in [6, 6.07) is 11.1. The van der Waals surface area contributed by atoms with Gasteiger partial charge in [0.1, 0.15) is 5.76 Å². The molecule has 4 rings (SSSR count). The highest BCUT2D eigenvalue weighted by atomic mass is 32.1. The van der Waals surface area contributed by atoms with E-state index >= 15 is 0 Å². The van der Waals surface area contributed by atoms with Gasteiger partial charge < -0.3 is 5.11 Å². The van der Waals surface area contributed by atoms with E-state index in [1.807, 2.05) is 35.7 Å². The molecule has 1 aromatic carbocycles. The first-order valence-corrected chi connectivity index (χ1v) is 7.70. The van der Waals surface area contributed by atoms with Crippen molar-refractivity contribution < 1.29 is 5.11 Å². The normalized spacial score (nSPS) is 12.1. The van der Waals surface area contributed by atoms with Crippen LogP contribution >= 0.6 is 11.3 Å². The number of rotatable bonds is 2. The third-order valence-electron chi connectivity index (χ3n) is 3.43. The Morgan fingerprint density at radius 2 is 2.04 bits per heavy atom. The fraction of sp³-hybridized carbons (Fsp3) is 0. The van der Waals surface area contributed by atoms with E-state index in [1.54, 1.807) is 12.3 Å². The zero-order valence-electron chi connectivity index (χ0n) is 11.7. The monoisotopic (exact) mass is 322 g/mol. The van der Waals surface area contributed by atoms with Gasteiger partial charge in [-0.3, -0.25) is 4.79 Å². The molecule has 3 aromatic heterocycles. The minimum absolute atomic E-state index is 0.0212. The number of hydrogen-bond acceptors (Lipinski definition) is 6. The maximum atomic E-state index is 12.5. The molecule has 6 nitrogen and oxygen atoms in total. The average Bonchev–Trinajstić information content (AvgIpc) is 3.12. The topological polar surface area (TPSA) is 80.4 Å². The van der Waals surface area contributed by atoms with Crippen LogP contribution in [0.3, 0.4) is 0 Å². The van der Waals surface area contributed by atoms with Gasteiger partial charge in [0.2, 0.25) is 0 Å². The largest absolute Gasteiger partial charge is 0.506 e. The van der Waals surface area contributed by atoms with Crippen molar-refractivity contribution in [3.63, 3.8) is 0 Å². The lowest BCUT2D eigenvalue weighted by Crippen LogP contribution is -2.22. The van der Waals surface area contributed by atoms with Crippen LogP contribution in [-0.4, -0.2) is 24.9 Å². The van der Waals surface area contributed by atoms with E-state index in [2.05, 4.69) is 15.3 Å².